The third kappa shape index (κ3) is 4.04. The van der Waals surface area contributed by atoms with Gasteiger partial charge in [0.05, 0.1) is 6.20 Å². The molecule has 0 unspecified atom stereocenters. The minimum Gasteiger partial charge on any atom is -0.324 e. The summed E-state index contributed by atoms with van der Waals surface area (Å²) in [6.45, 7) is 2.00. The van der Waals surface area contributed by atoms with E-state index in [4.69, 9.17) is 0 Å². The number of anilines is 1. The molecule has 0 saturated carbocycles. The number of amides is 1. The van der Waals surface area contributed by atoms with E-state index in [1.54, 1.807) is 0 Å². The molecule has 3 aromatic heterocycles. The predicted octanol–water partition coefficient (Wildman–Crippen LogP) is 3.02. The van der Waals surface area contributed by atoms with E-state index >= 15 is 0 Å². The number of nitrogens with zero attached hydrogens (tertiary/aromatic N) is 5. The van der Waals surface area contributed by atoms with Crippen molar-refractivity contribution in [3.8, 4) is 22.6 Å². The number of aryl methyl sites for hydroxylation is 1. The summed E-state index contributed by atoms with van der Waals surface area (Å²) in [5, 5.41) is 15.2. The van der Waals surface area contributed by atoms with Crippen LogP contribution in [0, 0.1) is 6.92 Å². The topological polar surface area (TPSA) is 92.6 Å². The average molecular weight is 410 g/mol. The van der Waals surface area contributed by atoms with Crippen molar-refractivity contribution in [2.75, 3.05) is 5.32 Å². The molecule has 0 fully saturated rings. The number of pyridine rings is 1. The SMILES string of the molecule is Cc1ccc(-c2nnn(CC(=O)Nc3cccc(-c4c[n+]5ccccc5[nH]4)c3)n2)cc1. The van der Waals surface area contributed by atoms with Crippen molar-refractivity contribution < 1.29 is 9.20 Å². The third-order valence-corrected chi connectivity index (χ3v) is 4.93. The van der Waals surface area contributed by atoms with Gasteiger partial charge >= 0.3 is 0 Å². The van der Waals surface area contributed by atoms with Gasteiger partial charge in [0.2, 0.25) is 11.7 Å². The first-order chi connectivity index (χ1) is 15.1. The molecule has 8 nitrogen and oxygen atoms in total. The second-order valence-corrected chi connectivity index (χ2v) is 7.30. The highest BCUT2D eigenvalue weighted by molar-refractivity contribution is 5.91. The van der Waals surface area contributed by atoms with Gasteiger partial charge in [-0.1, -0.05) is 48.0 Å². The van der Waals surface area contributed by atoms with Gasteiger partial charge in [0, 0.05) is 22.9 Å². The normalized spacial score (nSPS) is 11.0. The Morgan fingerprint density at radius 3 is 2.77 bits per heavy atom. The van der Waals surface area contributed by atoms with Crippen molar-refractivity contribution in [3.05, 3.63) is 84.7 Å². The van der Waals surface area contributed by atoms with Crippen LogP contribution >= 0.6 is 0 Å². The van der Waals surface area contributed by atoms with Gasteiger partial charge in [-0.15, -0.1) is 10.2 Å². The number of hydrogen-bond donors (Lipinski definition) is 2. The molecule has 0 aliphatic heterocycles. The van der Waals surface area contributed by atoms with Gasteiger partial charge in [-0.25, -0.2) is 9.38 Å². The molecular formula is C23H20N7O+. The predicted molar refractivity (Wildman–Crippen MR) is 116 cm³/mol. The zero-order valence-corrected chi connectivity index (χ0v) is 16.9. The van der Waals surface area contributed by atoms with Crippen molar-refractivity contribution in [1.29, 1.82) is 0 Å². The molecule has 0 aliphatic rings. The molecule has 0 saturated heterocycles. The number of benzene rings is 2. The molecule has 0 radical (unpaired) electrons. The van der Waals surface area contributed by atoms with Crippen molar-refractivity contribution in [3.63, 3.8) is 0 Å². The fraction of sp³-hybridized carbons (Fsp3) is 0.0870. The minimum absolute atomic E-state index is 0.0225. The lowest BCUT2D eigenvalue weighted by Gasteiger charge is -2.05. The molecule has 0 aliphatic carbocycles. The van der Waals surface area contributed by atoms with E-state index in [0.29, 0.717) is 11.5 Å². The van der Waals surface area contributed by atoms with Crippen LogP contribution in [0.5, 0.6) is 0 Å². The minimum atomic E-state index is -0.226. The Kier molecular flexibility index (Phi) is 4.72. The van der Waals surface area contributed by atoms with E-state index in [1.807, 2.05) is 90.4 Å². The fourth-order valence-electron chi connectivity index (χ4n) is 3.35. The standard InChI is InChI=1S/C23H19N7O/c1-16-8-10-17(11-9-16)23-26-28-30(27-23)15-22(31)24-19-6-4-5-18(13-19)20-14-29-12-3-2-7-21(29)25-20/h2-14H,15H2,1H3,(H,24,31)/p+1. The molecule has 31 heavy (non-hydrogen) atoms. The van der Waals surface area contributed by atoms with Crippen molar-refractivity contribution in [1.82, 2.24) is 25.2 Å². The summed E-state index contributed by atoms with van der Waals surface area (Å²) in [5.74, 6) is 0.266. The molecule has 1 amide bonds. The van der Waals surface area contributed by atoms with Crippen LogP contribution in [0.25, 0.3) is 28.3 Å². The molecule has 3 heterocycles. The smallest absolute Gasteiger partial charge is 0.284 e. The summed E-state index contributed by atoms with van der Waals surface area (Å²) in [4.78, 5) is 17.2. The van der Waals surface area contributed by atoms with Crippen LogP contribution in [-0.4, -0.2) is 31.1 Å². The highest BCUT2D eigenvalue weighted by atomic mass is 16.2. The summed E-state index contributed by atoms with van der Waals surface area (Å²) < 4.78 is 2.02. The van der Waals surface area contributed by atoms with E-state index in [9.17, 15) is 4.79 Å². The lowest BCUT2D eigenvalue weighted by atomic mass is 10.1. The first kappa shape index (κ1) is 18.7. The lowest BCUT2D eigenvalue weighted by molar-refractivity contribution is -0.509. The number of nitrogens with one attached hydrogen (secondary N) is 2. The van der Waals surface area contributed by atoms with E-state index in [1.165, 1.54) is 4.80 Å². The quantitative estimate of drug-likeness (QED) is 0.436. The van der Waals surface area contributed by atoms with Gasteiger partial charge in [0.15, 0.2) is 5.69 Å². The number of aromatic amines is 1. The molecule has 0 spiro atoms. The average Bonchev–Trinajstić information content (AvgIpc) is 3.41. The molecule has 0 atom stereocenters. The number of rotatable bonds is 5. The third-order valence-electron chi connectivity index (χ3n) is 4.93. The molecule has 5 aromatic rings. The molecule has 8 heteroatoms. The van der Waals surface area contributed by atoms with Gasteiger partial charge in [-0.05, 0) is 30.3 Å². The van der Waals surface area contributed by atoms with Crippen molar-refractivity contribution in [2.45, 2.75) is 13.5 Å². The van der Waals surface area contributed by atoms with Gasteiger partial charge < -0.3 is 5.32 Å². The number of imidazole rings is 1. The molecular weight excluding hydrogens is 390 g/mol. The Balaban J connectivity index is 1.29. The summed E-state index contributed by atoms with van der Waals surface area (Å²) in [6.07, 6.45) is 4.00. The molecule has 2 N–H and O–H groups in total. The van der Waals surface area contributed by atoms with Crippen LogP contribution in [0.2, 0.25) is 0 Å². The molecule has 2 aromatic carbocycles. The number of carbonyl (C=O) groups is 1. The summed E-state index contributed by atoms with van der Waals surface area (Å²) in [7, 11) is 0. The fourth-order valence-corrected chi connectivity index (χ4v) is 3.35. The Hall–Kier alpha value is -4.33. The van der Waals surface area contributed by atoms with Gasteiger partial charge in [-0.2, -0.15) is 4.80 Å². The van der Waals surface area contributed by atoms with Crippen LogP contribution in [0.1, 0.15) is 5.56 Å². The zero-order chi connectivity index (χ0) is 21.2. The Morgan fingerprint density at radius 1 is 1.06 bits per heavy atom. The molecule has 152 valence electrons. The van der Waals surface area contributed by atoms with Gasteiger partial charge in [-0.3, -0.25) is 4.79 Å². The van der Waals surface area contributed by atoms with Gasteiger partial charge in [0.1, 0.15) is 12.7 Å². The van der Waals surface area contributed by atoms with Crippen LogP contribution in [0.15, 0.2) is 79.1 Å². The van der Waals surface area contributed by atoms with E-state index in [0.717, 1.165) is 28.0 Å². The Morgan fingerprint density at radius 2 is 1.94 bits per heavy atom. The number of aromatic nitrogens is 6. The Labute approximate surface area is 178 Å². The van der Waals surface area contributed by atoms with Crippen LogP contribution in [-0.2, 0) is 11.3 Å². The maximum atomic E-state index is 12.5. The van der Waals surface area contributed by atoms with Crippen molar-refractivity contribution >= 4 is 17.2 Å². The van der Waals surface area contributed by atoms with Crippen LogP contribution < -0.4 is 9.72 Å². The maximum Gasteiger partial charge on any atom is 0.284 e. The number of H-pyrrole nitrogens is 1. The molecule has 0 bridgehead atoms. The van der Waals surface area contributed by atoms with Crippen LogP contribution in [0.4, 0.5) is 5.69 Å². The number of fused-ring (bicyclic) bond motifs is 1. The highest BCUT2D eigenvalue weighted by Crippen LogP contribution is 2.21. The van der Waals surface area contributed by atoms with Gasteiger partial charge in [0.25, 0.3) is 5.65 Å². The number of carbonyl (C=O) groups excluding carboxylic acids is 1. The van der Waals surface area contributed by atoms with Crippen LogP contribution in [0.3, 0.4) is 0 Å². The zero-order valence-electron chi connectivity index (χ0n) is 16.9. The summed E-state index contributed by atoms with van der Waals surface area (Å²) in [5.41, 5.74) is 5.65. The monoisotopic (exact) mass is 410 g/mol. The summed E-state index contributed by atoms with van der Waals surface area (Å²) in [6, 6.07) is 21.5. The lowest BCUT2D eigenvalue weighted by Crippen LogP contribution is -2.20. The maximum absolute atomic E-state index is 12.5. The molecule has 5 rings (SSSR count). The first-order valence-corrected chi connectivity index (χ1v) is 9.88. The van der Waals surface area contributed by atoms with Crippen molar-refractivity contribution in [2.24, 2.45) is 0 Å². The second kappa shape index (κ2) is 7.83. The Bertz CT molecular complexity index is 1340. The number of hydrogen-bond acceptors (Lipinski definition) is 4. The largest absolute Gasteiger partial charge is 0.324 e. The number of tetrazole rings is 1. The van der Waals surface area contributed by atoms with E-state index < -0.39 is 0 Å². The first-order valence-electron chi connectivity index (χ1n) is 9.88. The second-order valence-electron chi connectivity index (χ2n) is 7.30. The van der Waals surface area contributed by atoms with E-state index in [-0.39, 0.29) is 12.5 Å². The highest BCUT2D eigenvalue weighted by Gasteiger charge is 2.13. The van der Waals surface area contributed by atoms with E-state index in [2.05, 4.69) is 25.7 Å². The summed E-state index contributed by atoms with van der Waals surface area (Å²) >= 11 is 0.